The minimum atomic E-state index is -1.05. The van der Waals surface area contributed by atoms with Gasteiger partial charge in [0, 0.05) is 5.02 Å². The van der Waals surface area contributed by atoms with Gasteiger partial charge in [-0.2, -0.15) is 0 Å². The van der Waals surface area contributed by atoms with Crippen molar-refractivity contribution in [1.29, 1.82) is 0 Å². The maximum atomic E-state index is 13.4. The molecule has 0 amide bonds. The molecule has 1 aromatic heterocycles. The minimum Gasteiger partial charge on any atom is -0.316 e. The van der Waals surface area contributed by atoms with Crippen molar-refractivity contribution in [2.24, 2.45) is 5.73 Å². The minimum absolute atomic E-state index is 0.358. The molecule has 0 fully saturated rings. The fourth-order valence-corrected chi connectivity index (χ4v) is 2.27. The van der Waals surface area contributed by atoms with Crippen molar-refractivity contribution < 1.29 is 8.78 Å². The topological polar surface area (TPSA) is 38.9 Å². The second kappa shape index (κ2) is 5.23. The Morgan fingerprint density at radius 1 is 1.21 bits per heavy atom. The Balaban J connectivity index is 2.59. The molecule has 2 rings (SSSR count). The van der Waals surface area contributed by atoms with E-state index in [9.17, 15) is 8.78 Å². The van der Waals surface area contributed by atoms with Gasteiger partial charge in [0.05, 0.1) is 17.4 Å². The van der Waals surface area contributed by atoms with Gasteiger partial charge in [0.1, 0.15) is 11.6 Å². The maximum absolute atomic E-state index is 13.4. The Morgan fingerprint density at radius 3 is 2.47 bits per heavy atom. The van der Waals surface area contributed by atoms with Crippen molar-refractivity contribution in [3.63, 3.8) is 0 Å². The fourth-order valence-electron chi connectivity index (χ4n) is 1.99. The van der Waals surface area contributed by atoms with Gasteiger partial charge in [-0.3, -0.25) is 4.98 Å². The van der Waals surface area contributed by atoms with E-state index < -0.39 is 17.2 Å². The van der Waals surface area contributed by atoms with Crippen LogP contribution in [0.3, 0.4) is 0 Å². The smallest absolute Gasteiger partial charge is 0.141 e. The van der Waals surface area contributed by atoms with E-state index in [1.54, 1.807) is 0 Å². The molecular formula is C14H13ClF2N2. The van der Waals surface area contributed by atoms with Gasteiger partial charge in [0.15, 0.2) is 0 Å². The van der Waals surface area contributed by atoms with Crippen molar-refractivity contribution in [2.45, 2.75) is 18.9 Å². The van der Waals surface area contributed by atoms with Crippen molar-refractivity contribution in [3.05, 3.63) is 64.4 Å². The molecule has 0 saturated carbocycles. The van der Waals surface area contributed by atoms with Gasteiger partial charge in [-0.1, -0.05) is 18.5 Å². The molecule has 2 N–H and O–H groups in total. The highest BCUT2D eigenvalue weighted by atomic mass is 35.5. The Morgan fingerprint density at radius 2 is 1.89 bits per heavy atom. The molecule has 0 aliphatic heterocycles. The molecule has 0 radical (unpaired) electrons. The van der Waals surface area contributed by atoms with Gasteiger partial charge in [0.2, 0.25) is 0 Å². The second-order valence-corrected chi connectivity index (χ2v) is 4.72. The molecule has 0 saturated heterocycles. The largest absolute Gasteiger partial charge is 0.316 e. The average molecular weight is 283 g/mol. The second-order valence-electron chi connectivity index (χ2n) is 4.31. The van der Waals surface area contributed by atoms with Gasteiger partial charge in [-0.15, -0.1) is 0 Å². The summed E-state index contributed by atoms with van der Waals surface area (Å²) >= 11 is 6.09. The lowest BCUT2D eigenvalue weighted by molar-refractivity contribution is 0.494. The van der Waals surface area contributed by atoms with E-state index in [4.69, 9.17) is 17.3 Å². The van der Waals surface area contributed by atoms with Gasteiger partial charge in [-0.25, -0.2) is 8.78 Å². The van der Waals surface area contributed by atoms with Gasteiger partial charge in [0.25, 0.3) is 0 Å². The lowest BCUT2D eigenvalue weighted by atomic mass is 9.84. The molecule has 0 aliphatic rings. The van der Waals surface area contributed by atoms with Crippen LogP contribution in [0.1, 0.15) is 24.6 Å². The summed E-state index contributed by atoms with van der Waals surface area (Å²) in [5.41, 5.74) is 6.16. The number of hydrogen-bond donors (Lipinski definition) is 1. The summed E-state index contributed by atoms with van der Waals surface area (Å²) in [6, 6.07) is 6.76. The number of pyridine rings is 1. The number of nitrogens with two attached hydrogens (primary N) is 1. The average Bonchev–Trinajstić information content (AvgIpc) is 2.41. The van der Waals surface area contributed by atoms with Crippen LogP contribution in [0.5, 0.6) is 0 Å². The van der Waals surface area contributed by atoms with E-state index >= 15 is 0 Å². The fraction of sp³-hybridized carbons (Fsp3) is 0.214. The molecule has 2 aromatic rings. The Bertz CT molecular complexity index is 586. The molecule has 1 atom stereocenters. The summed E-state index contributed by atoms with van der Waals surface area (Å²) in [5.74, 6) is -0.877. The summed E-state index contributed by atoms with van der Waals surface area (Å²) in [6.45, 7) is 1.84. The summed E-state index contributed by atoms with van der Waals surface area (Å²) in [7, 11) is 0. The van der Waals surface area contributed by atoms with Crippen molar-refractivity contribution in [3.8, 4) is 0 Å². The standard InChI is InChI=1S/C14H13ClF2N2/c1-2-14(18,13-6-4-10(17)8-19-13)11-7-9(16)3-5-12(11)15/h3-8H,2,18H2,1H3. The molecule has 5 heteroatoms. The number of hydrogen-bond acceptors (Lipinski definition) is 2. The van der Waals surface area contributed by atoms with Crippen LogP contribution in [-0.2, 0) is 5.54 Å². The van der Waals surface area contributed by atoms with Crippen LogP contribution in [0.25, 0.3) is 0 Å². The first-order chi connectivity index (χ1) is 8.97. The predicted molar refractivity (Wildman–Crippen MR) is 70.9 cm³/mol. The van der Waals surface area contributed by atoms with Crippen LogP contribution in [-0.4, -0.2) is 4.98 Å². The van der Waals surface area contributed by atoms with Crippen LogP contribution in [0, 0.1) is 11.6 Å². The molecule has 19 heavy (non-hydrogen) atoms. The highest BCUT2D eigenvalue weighted by molar-refractivity contribution is 6.31. The normalized spacial score (nSPS) is 14.2. The van der Waals surface area contributed by atoms with Crippen molar-refractivity contribution >= 4 is 11.6 Å². The molecule has 100 valence electrons. The van der Waals surface area contributed by atoms with Crippen LogP contribution >= 0.6 is 11.6 Å². The zero-order chi connectivity index (χ0) is 14.0. The lowest BCUT2D eigenvalue weighted by Crippen LogP contribution is -2.38. The van der Waals surface area contributed by atoms with Crippen molar-refractivity contribution in [2.75, 3.05) is 0 Å². The molecule has 1 unspecified atom stereocenters. The highest BCUT2D eigenvalue weighted by Crippen LogP contribution is 2.34. The number of nitrogens with zero attached hydrogens (tertiary/aromatic N) is 1. The lowest BCUT2D eigenvalue weighted by Gasteiger charge is -2.29. The van der Waals surface area contributed by atoms with E-state index in [0.717, 1.165) is 6.20 Å². The zero-order valence-electron chi connectivity index (χ0n) is 10.3. The molecule has 2 nitrogen and oxygen atoms in total. The molecule has 0 aliphatic carbocycles. The van der Waals surface area contributed by atoms with Crippen LogP contribution in [0.2, 0.25) is 5.02 Å². The first-order valence-electron chi connectivity index (χ1n) is 5.84. The third kappa shape index (κ3) is 2.60. The number of aromatic nitrogens is 1. The van der Waals surface area contributed by atoms with E-state index in [0.29, 0.717) is 22.7 Å². The van der Waals surface area contributed by atoms with E-state index in [-0.39, 0.29) is 0 Å². The SMILES string of the molecule is CCC(N)(c1ccc(F)cn1)c1cc(F)ccc1Cl. The third-order valence-electron chi connectivity index (χ3n) is 3.15. The van der Waals surface area contributed by atoms with Crippen molar-refractivity contribution in [1.82, 2.24) is 4.98 Å². The van der Waals surface area contributed by atoms with Crippen LogP contribution in [0.15, 0.2) is 36.5 Å². The Kier molecular flexibility index (Phi) is 3.83. The summed E-state index contributed by atoms with van der Waals surface area (Å²) < 4.78 is 26.3. The highest BCUT2D eigenvalue weighted by Gasteiger charge is 2.31. The van der Waals surface area contributed by atoms with Gasteiger partial charge < -0.3 is 5.73 Å². The maximum Gasteiger partial charge on any atom is 0.141 e. The summed E-state index contributed by atoms with van der Waals surface area (Å²) in [5, 5.41) is 0.358. The van der Waals surface area contributed by atoms with Gasteiger partial charge >= 0.3 is 0 Å². The van der Waals surface area contributed by atoms with Crippen LogP contribution < -0.4 is 5.73 Å². The third-order valence-corrected chi connectivity index (χ3v) is 3.48. The Labute approximate surface area is 115 Å². The quantitative estimate of drug-likeness (QED) is 0.934. The monoisotopic (exact) mass is 282 g/mol. The van der Waals surface area contributed by atoms with E-state index in [2.05, 4.69) is 4.98 Å². The zero-order valence-corrected chi connectivity index (χ0v) is 11.1. The Hall–Kier alpha value is -1.52. The number of halogens is 3. The summed E-state index contributed by atoms with van der Waals surface area (Å²) in [4.78, 5) is 3.99. The molecule has 1 aromatic carbocycles. The van der Waals surface area contributed by atoms with E-state index in [1.165, 1.54) is 30.3 Å². The molecular weight excluding hydrogens is 270 g/mol. The van der Waals surface area contributed by atoms with Gasteiger partial charge in [-0.05, 0) is 42.3 Å². The predicted octanol–water partition coefficient (Wildman–Crippen LogP) is 3.63. The molecule has 0 spiro atoms. The number of benzene rings is 1. The molecule has 1 heterocycles. The molecule has 0 bridgehead atoms. The van der Waals surface area contributed by atoms with Crippen LogP contribution in [0.4, 0.5) is 8.78 Å². The van der Waals surface area contributed by atoms with E-state index in [1.807, 2.05) is 6.92 Å². The first kappa shape index (κ1) is 13.9. The number of rotatable bonds is 3. The summed E-state index contributed by atoms with van der Waals surface area (Å²) in [6.07, 6.45) is 1.54. The first-order valence-corrected chi connectivity index (χ1v) is 6.21.